The topological polar surface area (TPSA) is 35.5 Å². The number of fused-ring (bicyclic) bond motifs is 1. The fourth-order valence-electron chi connectivity index (χ4n) is 2.05. The second-order valence-corrected chi connectivity index (χ2v) is 3.96. The molecule has 0 spiro atoms. The lowest BCUT2D eigenvalue weighted by molar-refractivity contribution is 0.0942. The standard InChI is InChI=1S/C13H12O3/c14-13(12-2-1-6-15-12)10-3-4-11-9(8-10)5-7-16-11/h2-4,8H,1,5-7H2. The summed E-state index contributed by atoms with van der Waals surface area (Å²) in [7, 11) is 0. The first-order valence-corrected chi connectivity index (χ1v) is 5.48. The third kappa shape index (κ3) is 1.48. The summed E-state index contributed by atoms with van der Waals surface area (Å²) in [6, 6.07) is 5.58. The fourth-order valence-corrected chi connectivity index (χ4v) is 2.05. The van der Waals surface area contributed by atoms with E-state index in [9.17, 15) is 4.79 Å². The lowest BCUT2D eigenvalue weighted by atomic mass is 10.0. The Hall–Kier alpha value is -1.77. The summed E-state index contributed by atoms with van der Waals surface area (Å²) in [5.74, 6) is 1.36. The summed E-state index contributed by atoms with van der Waals surface area (Å²) in [6.07, 6.45) is 3.57. The smallest absolute Gasteiger partial charge is 0.227 e. The minimum absolute atomic E-state index is 0.0211. The van der Waals surface area contributed by atoms with Crippen LogP contribution in [0.2, 0.25) is 0 Å². The Kier molecular flexibility index (Phi) is 2.17. The molecule has 0 radical (unpaired) electrons. The summed E-state index contributed by atoms with van der Waals surface area (Å²) in [4.78, 5) is 12.0. The molecule has 3 heteroatoms. The number of ketones is 1. The molecule has 3 rings (SSSR count). The average molecular weight is 216 g/mol. The van der Waals surface area contributed by atoms with Gasteiger partial charge in [-0.15, -0.1) is 0 Å². The number of benzene rings is 1. The van der Waals surface area contributed by atoms with Gasteiger partial charge in [0.05, 0.1) is 13.2 Å². The van der Waals surface area contributed by atoms with Crippen LogP contribution in [-0.2, 0) is 11.2 Å². The van der Waals surface area contributed by atoms with Crippen molar-refractivity contribution in [3.8, 4) is 5.75 Å². The number of carbonyl (C=O) groups excluding carboxylic acids is 1. The van der Waals surface area contributed by atoms with Gasteiger partial charge in [-0.25, -0.2) is 0 Å². The summed E-state index contributed by atoms with van der Waals surface area (Å²) >= 11 is 0. The lowest BCUT2D eigenvalue weighted by Crippen LogP contribution is -2.04. The van der Waals surface area contributed by atoms with Gasteiger partial charge in [-0.1, -0.05) is 0 Å². The van der Waals surface area contributed by atoms with Crippen LogP contribution in [-0.4, -0.2) is 19.0 Å². The Morgan fingerprint density at radius 2 is 2.12 bits per heavy atom. The molecular formula is C13H12O3. The molecule has 0 atom stereocenters. The number of hydrogen-bond donors (Lipinski definition) is 0. The molecule has 1 aromatic rings. The summed E-state index contributed by atoms with van der Waals surface area (Å²) < 4.78 is 10.7. The molecule has 0 unspecified atom stereocenters. The van der Waals surface area contributed by atoms with Crippen LogP contribution in [0.3, 0.4) is 0 Å². The van der Waals surface area contributed by atoms with Crippen molar-refractivity contribution in [1.29, 1.82) is 0 Å². The van der Waals surface area contributed by atoms with Crippen molar-refractivity contribution >= 4 is 5.78 Å². The van der Waals surface area contributed by atoms with Crippen molar-refractivity contribution in [2.45, 2.75) is 12.8 Å². The highest BCUT2D eigenvalue weighted by Crippen LogP contribution is 2.27. The molecule has 0 aliphatic carbocycles. The van der Waals surface area contributed by atoms with Gasteiger partial charge in [0.25, 0.3) is 0 Å². The lowest BCUT2D eigenvalue weighted by Gasteiger charge is -2.04. The van der Waals surface area contributed by atoms with Crippen molar-refractivity contribution in [3.63, 3.8) is 0 Å². The molecule has 0 amide bonds. The zero-order valence-corrected chi connectivity index (χ0v) is 8.86. The van der Waals surface area contributed by atoms with Gasteiger partial charge in [0.15, 0.2) is 5.76 Å². The normalized spacial score (nSPS) is 17.4. The Morgan fingerprint density at radius 1 is 1.19 bits per heavy atom. The van der Waals surface area contributed by atoms with Gasteiger partial charge in [0, 0.05) is 18.4 Å². The van der Waals surface area contributed by atoms with Gasteiger partial charge in [0.1, 0.15) is 5.75 Å². The molecule has 2 heterocycles. The van der Waals surface area contributed by atoms with Crippen LogP contribution >= 0.6 is 0 Å². The van der Waals surface area contributed by atoms with E-state index in [1.54, 1.807) is 6.07 Å². The third-order valence-corrected chi connectivity index (χ3v) is 2.88. The van der Waals surface area contributed by atoms with Crippen molar-refractivity contribution in [2.24, 2.45) is 0 Å². The number of rotatable bonds is 2. The Labute approximate surface area is 93.7 Å². The highest BCUT2D eigenvalue weighted by molar-refractivity contribution is 6.07. The molecule has 0 saturated carbocycles. The first-order valence-electron chi connectivity index (χ1n) is 5.48. The highest BCUT2D eigenvalue weighted by Gasteiger charge is 2.20. The maximum atomic E-state index is 12.0. The number of hydrogen-bond acceptors (Lipinski definition) is 3. The summed E-state index contributed by atoms with van der Waals surface area (Å²) in [5.41, 5.74) is 1.81. The molecule has 3 nitrogen and oxygen atoms in total. The molecule has 0 bridgehead atoms. The zero-order chi connectivity index (χ0) is 11.0. The Bertz CT molecular complexity index is 474. The summed E-state index contributed by atoms with van der Waals surface area (Å²) in [5, 5.41) is 0. The second kappa shape index (κ2) is 3.67. The fraction of sp³-hybridized carbons (Fsp3) is 0.308. The minimum Gasteiger partial charge on any atom is -0.493 e. The zero-order valence-electron chi connectivity index (χ0n) is 8.86. The van der Waals surface area contributed by atoms with Crippen LogP contribution in [0, 0.1) is 0 Å². The quantitative estimate of drug-likeness (QED) is 0.710. The van der Waals surface area contributed by atoms with Gasteiger partial charge in [-0.3, -0.25) is 4.79 Å². The molecule has 0 aromatic heterocycles. The van der Waals surface area contributed by atoms with Crippen LogP contribution in [0.5, 0.6) is 5.75 Å². The molecule has 2 aliphatic heterocycles. The van der Waals surface area contributed by atoms with Gasteiger partial charge in [-0.05, 0) is 29.8 Å². The molecule has 0 N–H and O–H groups in total. The van der Waals surface area contributed by atoms with Crippen LogP contribution in [0.4, 0.5) is 0 Å². The van der Waals surface area contributed by atoms with Crippen LogP contribution in [0.15, 0.2) is 30.0 Å². The maximum absolute atomic E-state index is 12.0. The Balaban J connectivity index is 1.92. The van der Waals surface area contributed by atoms with Crippen LogP contribution < -0.4 is 4.74 Å². The van der Waals surface area contributed by atoms with E-state index in [-0.39, 0.29) is 5.78 Å². The van der Waals surface area contributed by atoms with Crippen molar-refractivity contribution in [1.82, 2.24) is 0 Å². The van der Waals surface area contributed by atoms with Gasteiger partial charge >= 0.3 is 0 Å². The van der Waals surface area contributed by atoms with E-state index in [2.05, 4.69) is 0 Å². The van der Waals surface area contributed by atoms with E-state index in [1.165, 1.54) is 0 Å². The van der Waals surface area contributed by atoms with E-state index in [0.717, 1.165) is 24.2 Å². The highest BCUT2D eigenvalue weighted by atomic mass is 16.5. The predicted molar refractivity (Wildman–Crippen MR) is 58.6 cm³/mol. The molecule has 0 saturated heterocycles. The van der Waals surface area contributed by atoms with Gasteiger partial charge in [0.2, 0.25) is 5.78 Å². The monoisotopic (exact) mass is 216 g/mol. The number of ether oxygens (including phenoxy) is 2. The second-order valence-electron chi connectivity index (χ2n) is 3.96. The van der Waals surface area contributed by atoms with Crippen molar-refractivity contribution in [2.75, 3.05) is 13.2 Å². The molecule has 1 aromatic carbocycles. The Morgan fingerprint density at radius 3 is 2.94 bits per heavy atom. The third-order valence-electron chi connectivity index (χ3n) is 2.88. The van der Waals surface area contributed by atoms with Crippen molar-refractivity contribution < 1.29 is 14.3 Å². The average Bonchev–Trinajstić information content (AvgIpc) is 2.98. The van der Waals surface area contributed by atoms with Crippen LogP contribution in [0.1, 0.15) is 22.3 Å². The van der Waals surface area contributed by atoms with Crippen molar-refractivity contribution in [3.05, 3.63) is 41.2 Å². The van der Waals surface area contributed by atoms with E-state index in [1.807, 2.05) is 18.2 Å². The largest absolute Gasteiger partial charge is 0.493 e. The van der Waals surface area contributed by atoms with E-state index in [0.29, 0.717) is 24.5 Å². The predicted octanol–water partition coefficient (Wildman–Crippen LogP) is 2.11. The first-order chi connectivity index (χ1) is 7.84. The van der Waals surface area contributed by atoms with E-state index in [4.69, 9.17) is 9.47 Å². The molecule has 16 heavy (non-hydrogen) atoms. The first kappa shape index (κ1) is 9.46. The number of carbonyl (C=O) groups is 1. The molecule has 2 aliphatic rings. The SMILES string of the molecule is O=C(C1=CCCO1)c1ccc2c(c1)CCO2. The minimum atomic E-state index is -0.0211. The van der Waals surface area contributed by atoms with E-state index < -0.39 is 0 Å². The van der Waals surface area contributed by atoms with Gasteiger partial charge < -0.3 is 9.47 Å². The number of allylic oxidation sites excluding steroid dienone is 1. The van der Waals surface area contributed by atoms with Crippen LogP contribution in [0.25, 0.3) is 0 Å². The number of Topliss-reactive ketones (excluding diaryl/α,β-unsaturated/α-hetero) is 1. The van der Waals surface area contributed by atoms with Gasteiger partial charge in [-0.2, -0.15) is 0 Å². The maximum Gasteiger partial charge on any atom is 0.227 e. The molecule has 0 fully saturated rings. The molecule has 82 valence electrons. The summed E-state index contributed by atoms with van der Waals surface area (Å²) in [6.45, 7) is 1.33. The molecular weight excluding hydrogens is 204 g/mol. The van der Waals surface area contributed by atoms with E-state index >= 15 is 0 Å².